The van der Waals surface area contributed by atoms with Crippen LogP contribution in [0.5, 0.6) is 0 Å². The molecule has 1 saturated heterocycles. The molecule has 0 spiro atoms. The van der Waals surface area contributed by atoms with Crippen LogP contribution in [-0.4, -0.2) is 52.3 Å². The normalized spacial score (nSPS) is 20.7. The molecule has 0 aromatic carbocycles. The summed E-state index contributed by atoms with van der Waals surface area (Å²) in [7, 11) is 0. The van der Waals surface area contributed by atoms with Gasteiger partial charge in [-0.25, -0.2) is 0 Å². The van der Waals surface area contributed by atoms with Crippen LogP contribution in [0.3, 0.4) is 0 Å². The zero-order valence-corrected chi connectivity index (χ0v) is 13.5. The number of hydrogen-bond acceptors (Lipinski definition) is 3. The number of amides is 1. The molecule has 0 aliphatic carbocycles. The van der Waals surface area contributed by atoms with Crippen molar-refractivity contribution in [1.29, 1.82) is 0 Å². The Bertz CT molecular complexity index is 342. The minimum Gasteiger partial charge on any atom is -0.383 e. The molecular weight excluding hydrogens is 303 g/mol. The van der Waals surface area contributed by atoms with E-state index in [1.54, 1.807) is 16.7 Å². The average molecular weight is 327 g/mol. The Morgan fingerprint density at radius 3 is 2.24 bits per heavy atom. The Labute approximate surface area is 128 Å². The van der Waals surface area contributed by atoms with Crippen molar-refractivity contribution in [3.8, 4) is 0 Å². The average Bonchev–Trinajstić information content (AvgIpc) is 2.42. The number of nitrogens with zero attached hydrogens (tertiary/aromatic N) is 1. The quantitative estimate of drug-likeness (QED) is 0.844. The van der Waals surface area contributed by atoms with Gasteiger partial charge in [-0.3, -0.25) is 4.79 Å². The molecule has 2 unspecified atom stereocenters. The van der Waals surface area contributed by atoms with Crippen molar-refractivity contribution in [2.45, 2.75) is 51.1 Å². The lowest BCUT2D eigenvalue weighted by atomic mass is 9.90. The third-order valence-corrected chi connectivity index (χ3v) is 5.27. The largest absolute Gasteiger partial charge is 0.414 e. The number of rotatable bonds is 5. The highest BCUT2D eigenvalue weighted by molar-refractivity contribution is 8.00. The predicted octanol–water partition coefficient (Wildman–Crippen LogP) is 2.93. The summed E-state index contributed by atoms with van der Waals surface area (Å²) in [6, 6.07) is 0. The van der Waals surface area contributed by atoms with Crippen LogP contribution in [0.15, 0.2) is 0 Å². The molecule has 2 atom stereocenters. The van der Waals surface area contributed by atoms with E-state index in [1.807, 2.05) is 20.8 Å². The van der Waals surface area contributed by atoms with Crippen molar-refractivity contribution < 1.29 is 23.1 Å². The second-order valence-corrected chi connectivity index (χ2v) is 7.19. The lowest BCUT2D eigenvalue weighted by molar-refractivity contribution is -0.222. The van der Waals surface area contributed by atoms with Crippen LogP contribution in [0.1, 0.15) is 33.6 Å². The van der Waals surface area contributed by atoms with E-state index < -0.39 is 18.2 Å². The molecule has 3 nitrogen and oxygen atoms in total. The number of alkyl halides is 3. The number of halogens is 3. The number of hydrogen-bond donors (Lipinski definition) is 1. The summed E-state index contributed by atoms with van der Waals surface area (Å²) in [5.74, 6) is 0.237. The summed E-state index contributed by atoms with van der Waals surface area (Å²) in [4.78, 5) is 14.1. The molecule has 124 valence electrons. The van der Waals surface area contributed by atoms with Gasteiger partial charge >= 0.3 is 6.18 Å². The van der Waals surface area contributed by atoms with Gasteiger partial charge in [0.25, 0.3) is 0 Å². The topological polar surface area (TPSA) is 40.5 Å². The standard InChI is InChI=1S/C14H24F3NO2S/c1-4-21-11(9(2)3)13(20)18-7-5-10(6-8-18)12(19)14(15,16)17/h9-12,19H,4-8H2,1-3H3. The number of carbonyl (C=O) groups excluding carboxylic acids is 1. The summed E-state index contributed by atoms with van der Waals surface area (Å²) in [6.07, 6.45) is -6.45. The monoisotopic (exact) mass is 327 g/mol. The Hall–Kier alpha value is -0.430. The van der Waals surface area contributed by atoms with Gasteiger partial charge in [0.05, 0.1) is 5.25 Å². The summed E-state index contributed by atoms with van der Waals surface area (Å²) < 4.78 is 37.5. The van der Waals surface area contributed by atoms with Gasteiger partial charge in [0.2, 0.25) is 5.91 Å². The molecule has 1 amide bonds. The van der Waals surface area contributed by atoms with Gasteiger partial charge in [-0.05, 0) is 30.4 Å². The van der Waals surface area contributed by atoms with Crippen molar-refractivity contribution in [3.63, 3.8) is 0 Å². The zero-order valence-electron chi connectivity index (χ0n) is 12.7. The molecule has 0 saturated carbocycles. The smallest absolute Gasteiger partial charge is 0.383 e. The van der Waals surface area contributed by atoms with Gasteiger partial charge in [-0.2, -0.15) is 13.2 Å². The van der Waals surface area contributed by atoms with Crippen LogP contribution in [0.4, 0.5) is 13.2 Å². The Balaban J connectivity index is 2.57. The molecule has 1 aliphatic heterocycles. The number of piperidine rings is 1. The summed E-state index contributed by atoms with van der Waals surface area (Å²) in [6.45, 7) is 6.53. The Morgan fingerprint density at radius 2 is 1.86 bits per heavy atom. The molecule has 7 heteroatoms. The van der Waals surface area contributed by atoms with E-state index in [9.17, 15) is 23.1 Å². The molecule has 1 fully saturated rings. The fraction of sp³-hybridized carbons (Fsp3) is 0.929. The number of aliphatic hydroxyl groups is 1. The summed E-state index contributed by atoms with van der Waals surface area (Å²) >= 11 is 1.58. The Morgan fingerprint density at radius 1 is 1.33 bits per heavy atom. The zero-order chi connectivity index (χ0) is 16.2. The fourth-order valence-electron chi connectivity index (χ4n) is 2.61. The SMILES string of the molecule is CCSC(C(=O)N1CCC(C(O)C(F)(F)F)CC1)C(C)C. The lowest BCUT2D eigenvalue weighted by Crippen LogP contribution is -2.48. The third-order valence-electron chi connectivity index (χ3n) is 3.83. The third kappa shape index (κ3) is 5.06. The van der Waals surface area contributed by atoms with E-state index in [1.165, 1.54) is 0 Å². The van der Waals surface area contributed by atoms with Crippen LogP contribution in [0.25, 0.3) is 0 Å². The Kier molecular flexibility index (Phi) is 6.84. The number of thioether (sulfide) groups is 1. The van der Waals surface area contributed by atoms with Gasteiger partial charge in [0, 0.05) is 13.1 Å². The molecule has 1 heterocycles. The van der Waals surface area contributed by atoms with Crippen LogP contribution in [-0.2, 0) is 4.79 Å². The summed E-state index contributed by atoms with van der Waals surface area (Å²) in [5.41, 5.74) is 0. The molecule has 1 rings (SSSR count). The molecule has 0 aromatic rings. The number of aliphatic hydroxyl groups excluding tert-OH is 1. The first-order chi connectivity index (χ1) is 9.68. The highest BCUT2D eigenvalue weighted by Crippen LogP contribution is 2.32. The van der Waals surface area contributed by atoms with E-state index in [4.69, 9.17) is 0 Å². The first-order valence-corrected chi connectivity index (χ1v) is 8.38. The maximum Gasteiger partial charge on any atom is 0.414 e. The van der Waals surface area contributed by atoms with Gasteiger partial charge in [0.1, 0.15) is 0 Å². The van der Waals surface area contributed by atoms with Gasteiger partial charge in [0.15, 0.2) is 6.10 Å². The van der Waals surface area contributed by atoms with Crippen LogP contribution in [0, 0.1) is 11.8 Å². The lowest BCUT2D eigenvalue weighted by Gasteiger charge is -2.36. The molecular formula is C14H24F3NO2S. The minimum atomic E-state index is -4.57. The van der Waals surface area contributed by atoms with Crippen molar-refractivity contribution in [1.82, 2.24) is 4.90 Å². The second-order valence-electron chi connectivity index (χ2n) is 5.77. The number of carbonyl (C=O) groups is 1. The van der Waals surface area contributed by atoms with Gasteiger partial charge in [-0.15, -0.1) is 11.8 Å². The van der Waals surface area contributed by atoms with Crippen molar-refractivity contribution in [2.75, 3.05) is 18.8 Å². The highest BCUT2D eigenvalue weighted by atomic mass is 32.2. The van der Waals surface area contributed by atoms with Gasteiger partial charge < -0.3 is 10.0 Å². The highest BCUT2D eigenvalue weighted by Gasteiger charge is 2.44. The fourth-order valence-corrected chi connectivity index (χ4v) is 3.65. The van der Waals surface area contributed by atoms with Crippen LogP contribution < -0.4 is 0 Å². The summed E-state index contributed by atoms with van der Waals surface area (Å²) in [5, 5.41) is 9.14. The van der Waals surface area contributed by atoms with E-state index in [-0.39, 0.29) is 29.9 Å². The number of likely N-dealkylation sites (tertiary alicyclic amines) is 1. The van der Waals surface area contributed by atoms with E-state index in [0.29, 0.717) is 13.1 Å². The minimum absolute atomic E-state index is 0.0109. The van der Waals surface area contributed by atoms with Crippen LogP contribution >= 0.6 is 11.8 Å². The van der Waals surface area contributed by atoms with E-state index >= 15 is 0 Å². The van der Waals surface area contributed by atoms with E-state index in [2.05, 4.69) is 0 Å². The molecule has 0 aromatic heterocycles. The molecule has 0 bridgehead atoms. The predicted molar refractivity (Wildman–Crippen MR) is 78.1 cm³/mol. The van der Waals surface area contributed by atoms with Crippen molar-refractivity contribution in [2.24, 2.45) is 11.8 Å². The molecule has 0 radical (unpaired) electrons. The first kappa shape index (κ1) is 18.6. The van der Waals surface area contributed by atoms with E-state index in [0.717, 1.165) is 5.75 Å². The molecule has 1 N–H and O–H groups in total. The van der Waals surface area contributed by atoms with Crippen molar-refractivity contribution >= 4 is 17.7 Å². The van der Waals surface area contributed by atoms with Crippen LogP contribution in [0.2, 0.25) is 0 Å². The molecule has 1 aliphatic rings. The maximum atomic E-state index is 12.5. The van der Waals surface area contributed by atoms with Crippen molar-refractivity contribution in [3.05, 3.63) is 0 Å². The first-order valence-electron chi connectivity index (χ1n) is 7.33. The second kappa shape index (κ2) is 7.72. The molecule has 21 heavy (non-hydrogen) atoms. The van der Waals surface area contributed by atoms with Gasteiger partial charge in [-0.1, -0.05) is 20.8 Å². The maximum absolute atomic E-state index is 12.5.